The molecule has 0 atom stereocenters. The van der Waals surface area contributed by atoms with Crippen molar-refractivity contribution in [3.05, 3.63) is 0 Å². The minimum atomic E-state index is -7.33. The van der Waals surface area contributed by atoms with Crippen molar-refractivity contribution in [2.75, 3.05) is 0 Å². The molecule has 0 radical (unpaired) electrons. The Morgan fingerprint density at radius 1 is 0.462 bits per heavy atom. The molecule has 0 aromatic rings. The molecule has 10 heteroatoms. The van der Waals surface area contributed by atoms with E-state index < -0.39 is 30.4 Å². The molecule has 0 heterocycles. The van der Waals surface area contributed by atoms with Crippen LogP contribution in [0.25, 0.3) is 0 Å². The van der Waals surface area contributed by atoms with Gasteiger partial charge in [0.25, 0.3) is 0 Å². The first kappa shape index (κ1) is 13.0. The summed E-state index contributed by atoms with van der Waals surface area (Å²) in [6, 6.07) is 0. The third-order valence-corrected chi connectivity index (χ3v) is 5.10. The van der Waals surface area contributed by atoms with Crippen LogP contribution in [0.5, 0.6) is 0 Å². The third kappa shape index (κ3) is 3.71. The van der Waals surface area contributed by atoms with Gasteiger partial charge in [-0.2, -0.15) is 0 Å². The predicted molar refractivity (Wildman–Crippen MR) is 23.9 cm³/mol. The second-order valence-electron chi connectivity index (χ2n) is 2.06. The third-order valence-electron chi connectivity index (χ3n) is 0.982. The fourth-order valence-corrected chi connectivity index (χ4v) is 2.89. The molecule has 0 bridgehead atoms. The Balaban J connectivity index is 5.02. The van der Waals surface area contributed by atoms with E-state index in [1.807, 2.05) is 0 Å². The Bertz CT molecular complexity index is 137. The normalized spacial score (nSPS) is 14.5. The fourth-order valence-electron chi connectivity index (χ4n) is 0.557. The van der Waals surface area contributed by atoms with Gasteiger partial charge in [-0.15, -0.1) is 0 Å². The van der Waals surface area contributed by atoms with E-state index in [1.54, 1.807) is 0 Å². The van der Waals surface area contributed by atoms with Gasteiger partial charge in [0.05, 0.1) is 0 Å². The van der Waals surface area contributed by atoms with E-state index in [2.05, 4.69) is 0 Å². The zero-order valence-electron chi connectivity index (χ0n) is 5.48. The van der Waals surface area contributed by atoms with Crippen LogP contribution in [0, 0.1) is 0 Å². The average Bonchev–Trinajstić information content (AvgIpc) is 1.44. The van der Waals surface area contributed by atoms with E-state index in [-0.39, 0.29) is 0 Å². The van der Waals surface area contributed by atoms with Gasteiger partial charge < -0.3 is 0 Å². The van der Waals surface area contributed by atoms with Crippen molar-refractivity contribution >= 4 is 16.2 Å². The van der Waals surface area contributed by atoms with Crippen molar-refractivity contribution in [1.82, 2.24) is 0 Å². The molecule has 0 aromatic carbocycles. The van der Waals surface area contributed by atoms with Crippen molar-refractivity contribution in [3.63, 3.8) is 0 Å². The number of alkyl halides is 9. The first-order valence-corrected chi connectivity index (χ1v) is 6.20. The molecular weight excluding hydrogens is 277 g/mol. The molecule has 13 heavy (non-hydrogen) atoms. The second kappa shape index (κ2) is 3.30. The van der Waals surface area contributed by atoms with Crippen LogP contribution in [0.2, 0.25) is 0 Å². The molecule has 0 nitrogen and oxygen atoms in total. The Morgan fingerprint density at radius 2 is 0.615 bits per heavy atom. The van der Waals surface area contributed by atoms with Crippen LogP contribution in [0.1, 0.15) is 0 Å². The van der Waals surface area contributed by atoms with Crippen molar-refractivity contribution in [1.29, 1.82) is 0 Å². The number of hydrogen-bond donors (Lipinski definition) is 0. The number of rotatable bonds is 0. The molecule has 0 aliphatic rings. The van der Waals surface area contributed by atoms with E-state index in [4.69, 9.17) is 0 Å². The Labute approximate surface area is 70.7 Å². The van der Waals surface area contributed by atoms with Gasteiger partial charge in [-0.25, -0.2) is 0 Å². The van der Waals surface area contributed by atoms with E-state index >= 15 is 0 Å². The molecule has 0 saturated heterocycles. The molecule has 0 aliphatic heterocycles. The second-order valence-corrected chi connectivity index (χ2v) is 8.00. The van der Waals surface area contributed by atoms with Crippen molar-refractivity contribution < 1.29 is 39.5 Å². The van der Waals surface area contributed by atoms with E-state index in [0.29, 0.717) is 0 Å². The first-order chi connectivity index (χ1) is 5.37. The predicted octanol–water partition coefficient (Wildman–Crippen LogP) is 2.79. The van der Waals surface area contributed by atoms with E-state index in [9.17, 15) is 39.5 Å². The molecule has 0 amide bonds. The summed E-state index contributed by atoms with van der Waals surface area (Å²) in [5.41, 5.74) is 0. The molecule has 0 unspecified atom stereocenters. The van der Waals surface area contributed by atoms with Gasteiger partial charge in [-0.3, -0.25) is 0 Å². The standard InChI is InChI=1S/3CF3.Ga/c3*2-1(3)4;. The minimum absolute atomic E-state index is 6.18. The van der Waals surface area contributed by atoms with Gasteiger partial charge >= 0.3 is 69.9 Å². The Kier molecular flexibility index (Phi) is 3.30. The van der Waals surface area contributed by atoms with Crippen LogP contribution in [0.15, 0.2) is 0 Å². The first-order valence-electron chi connectivity index (χ1n) is 2.57. The molecule has 0 fully saturated rings. The summed E-state index contributed by atoms with van der Waals surface area (Å²) in [5, 5.41) is 0. The van der Waals surface area contributed by atoms with Gasteiger partial charge in [0.15, 0.2) is 0 Å². The summed E-state index contributed by atoms with van der Waals surface area (Å²) in [4.78, 5) is 0. The molecule has 0 aromatic heterocycles. The summed E-state index contributed by atoms with van der Waals surface area (Å²) in [7, 11) is 0. The van der Waals surface area contributed by atoms with Gasteiger partial charge in [-0.1, -0.05) is 0 Å². The SMILES string of the molecule is F[C](F)(F)[Ga]([C](F)(F)F)[C](F)(F)F. The van der Waals surface area contributed by atoms with Crippen LogP contribution in [-0.2, 0) is 0 Å². The van der Waals surface area contributed by atoms with Crippen LogP contribution in [0.4, 0.5) is 39.5 Å². The fraction of sp³-hybridized carbons (Fsp3) is 1.00. The topological polar surface area (TPSA) is 0 Å². The monoisotopic (exact) mass is 276 g/mol. The Hall–Kier alpha value is 0.00636. The van der Waals surface area contributed by atoms with Gasteiger partial charge in [0, 0.05) is 0 Å². The molecular formula is C3F9Ga. The molecule has 0 saturated carbocycles. The number of halogens is 9. The molecule has 0 spiro atoms. The molecule has 0 N–H and O–H groups in total. The van der Waals surface area contributed by atoms with Crippen LogP contribution >= 0.6 is 0 Å². The summed E-state index contributed by atoms with van der Waals surface area (Å²) in [5.74, 6) is 0. The summed E-state index contributed by atoms with van der Waals surface area (Å²) >= 11 is -7.33. The van der Waals surface area contributed by atoms with Gasteiger partial charge in [-0.05, 0) is 0 Å². The quantitative estimate of drug-likeness (QED) is 0.471. The van der Waals surface area contributed by atoms with Gasteiger partial charge in [0.1, 0.15) is 0 Å². The van der Waals surface area contributed by atoms with Crippen LogP contribution in [-0.4, -0.2) is 30.4 Å². The molecule has 0 rings (SSSR count). The molecule has 0 aliphatic carbocycles. The van der Waals surface area contributed by atoms with Gasteiger partial charge in [0.2, 0.25) is 0 Å². The van der Waals surface area contributed by atoms with Crippen molar-refractivity contribution in [2.24, 2.45) is 0 Å². The van der Waals surface area contributed by atoms with Crippen molar-refractivity contribution in [3.8, 4) is 0 Å². The summed E-state index contributed by atoms with van der Waals surface area (Å²) in [6.07, 6.45) is 0. The van der Waals surface area contributed by atoms with Crippen molar-refractivity contribution in [2.45, 2.75) is 14.2 Å². The summed E-state index contributed by atoms with van der Waals surface area (Å²) < 4.78 is 83.7. The maximum absolute atomic E-state index is 11.4. The zero-order chi connectivity index (χ0) is 11.1. The average molecular weight is 277 g/mol. The summed E-state index contributed by atoms with van der Waals surface area (Å²) in [6.45, 7) is 0. The Morgan fingerprint density at radius 3 is 0.615 bits per heavy atom. The molecule has 78 valence electrons. The van der Waals surface area contributed by atoms with E-state index in [0.717, 1.165) is 0 Å². The van der Waals surface area contributed by atoms with E-state index in [1.165, 1.54) is 0 Å². The zero-order valence-corrected chi connectivity index (χ0v) is 7.90. The number of hydrogen-bond acceptors (Lipinski definition) is 0. The van der Waals surface area contributed by atoms with Crippen LogP contribution < -0.4 is 0 Å². The van der Waals surface area contributed by atoms with Crippen LogP contribution in [0.3, 0.4) is 0 Å². The maximum atomic E-state index is 11.4.